The quantitative estimate of drug-likeness (QED) is 0.0273. The molecule has 0 amide bonds. The average Bonchev–Trinajstić information content (AvgIpc) is 0.799. The van der Waals surface area contributed by atoms with Crippen LogP contribution in [0.3, 0.4) is 0 Å². The van der Waals surface area contributed by atoms with Gasteiger partial charge >= 0.3 is 16.5 Å². The molecule has 0 fully saturated rings. The summed E-state index contributed by atoms with van der Waals surface area (Å²) in [6, 6.07) is 4.97. The number of benzene rings is 2. The first-order valence-electron chi connectivity index (χ1n) is 42.6. The Bertz CT molecular complexity index is 3010. The first-order chi connectivity index (χ1) is 49.5. The number of nitrogens with zero attached hydrogens (tertiary/aromatic N) is 2. The van der Waals surface area contributed by atoms with Crippen LogP contribution in [0.1, 0.15) is 434 Å². The van der Waals surface area contributed by atoms with Crippen molar-refractivity contribution in [2.75, 3.05) is 0 Å². The van der Waals surface area contributed by atoms with Gasteiger partial charge in [-0.2, -0.15) is 0 Å². The van der Waals surface area contributed by atoms with Crippen LogP contribution in [-0.4, -0.2) is 11.9 Å². The van der Waals surface area contributed by atoms with Gasteiger partial charge < -0.3 is 0 Å². The van der Waals surface area contributed by atoms with Crippen molar-refractivity contribution in [3.63, 3.8) is 0 Å². The molecule has 0 aliphatic carbocycles. The summed E-state index contributed by atoms with van der Waals surface area (Å²) in [6.07, 6.45) is 66.5. The predicted molar refractivity (Wildman–Crippen MR) is 447 cm³/mol. The summed E-state index contributed by atoms with van der Waals surface area (Å²) in [6.45, 7) is 20.6. The van der Waals surface area contributed by atoms with Gasteiger partial charge in [0.2, 0.25) is 0 Å². The smallest absolute Gasteiger partial charge is 0.255 e. The molecule has 0 aliphatic heterocycles. The number of hydrogen-bond acceptors (Lipinski definition) is 2. The molecular formula is C98H148N2Ni+2. The maximum atomic E-state index is 5.97. The second kappa shape index (κ2) is 71.7. The molecule has 3 heteroatoms. The molecule has 0 N–H and O–H groups in total. The fraction of sp³-hybridized carbons (Fsp3) is 0.694. The first kappa shape index (κ1) is 93.8. The SMILES string of the molecule is CCCCCCC#CCCc1cc(/N=C/C(CCCC)=N/c2cc(CCC#CCCCCCC)c(CCC#CCCCCCC)c(CCC#CCCCCCC)c2CCC#CCCCCCC)c(CCC#CCCCCCC)c(CCC#CCCCCCC)c1CCC#CCCCCCC.[Ni+2]. The molecule has 0 spiro atoms. The third kappa shape index (κ3) is 49.9. The minimum absolute atomic E-state index is 0. The van der Waals surface area contributed by atoms with E-state index in [9.17, 15) is 0 Å². The van der Waals surface area contributed by atoms with Crippen molar-refractivity contribution in [1.29, 1.82) is 0 Å². The Labute approximate surface area is 638 Å². The van der Waals surface area contributed by atoms with Crippen molar-refractivity contribution in [3.05, 3.63) is 56.6 Å². The zero-order chi connectivity index (χ0) is 71.9. The Morgan fingerprint density at radius 3 is 0.723 bits per heavy atom. The summed E-state index contributed by atoms with van der Waals surface area (Å²) >= 11 is 0. The van der Waals surface area contributed by atoms with Crippen LogP contribution in [-0.2, 0) is 67.9 Å². The number of aryl methyl sites for hydroxylation is 2. The molecule has 0 bridgehead atoms. The molecule has 0 aliphatic rings. The molecule has 558 valence electrons. The first-order valence-corrected chi connectivity index (χ1v) is 42.6. The van der Waals surface area contributed by atoms with Crippen LogP contribution >= 0.6 is 0 Å². The van der Waals surface area contributed by atoms with Crippen LogP contribution in [0.2, 0.25) is 0 Å². The molecule has 2 rings (SSSR count). The minimum atomic E-state index is 0. The van der Waals surface area contributed by atoms with Gasteiger partial charge in [0.25, 0.3) is 0 Å². The largest absolute Gasteiger partial charge is 2.00 e. The van der Waals surface area contributed by atoms with Crippen molar-refractivity contribution in [2.24, 2.45) is 9.98 Å². The van der Waals surface area contributed by atoms with Gasteiger partial charge in [-0.15, -0.1) is 94.7 Å². The van der Waals surface area contributed by atoms with E-state index in [1.165, 1.54) is 250 Å². The van der Waals surface area contributed by atoms with E-state index in [1.807, 2.05) is 0 Å². The van der Waals surface area contributed by atoms with Crippen LogP contribution in [0.4, 0.5) is 11.4 Å². The van der Waals surface area contributed by atoms with E-state index in [4.69, 9.17) is 9.98 Å². The van der Waals surface area contributed by atoms with Crippen molar-refractivity contribution < 1.29 is 16.5 Å². The zero-order valence-corrected chi connectivity index (χ0v) is 68.1. The molecule has 2 nitrogen and oxygen atoms in total. The Balaban J connectivity index is 0.0000510. The van der Waals surface area contributed by atoms with Crippen LogP contribution in [0.15, 0.2) is 22.1 Å². The van der Waals surface area contributed by atoms with E-state index in [0.29, 0.717) is 0 Å². The second-order valence-electron chi connectivity index (χ2n) is 28.3. The fourth-order valence-electron chi connectivity index (χ4n) is 13.0. The standard InChI is InChI=1S/C98H148N2.Ni/c1-10-19-28-36-44-52-60-68-76-88-85-97(95(83-74-66-58-50-42-34-25-16-7)93(81-72-64-56-48-40-32-23-14-5)91(88)79-70-62-54-46-38-30-21-12-3)99-87-90(78-27-18-9)100-98-86-89(77-69-61-53-45-37-29-20-11-2)92(80-71-63-55-47-39-31-22-13-4)94(82-73-65-57-49-41-33-24-15-6)96(98)84-75-67-59-51-43-35-26-17-8;/h85-87H,10-51,68-84H2,1-9H3;/q;+2/b99-87+,100-90+;. The summed E-state index contributed by atoms with van der Waals surface area (Å²) in [4.78, 5) is 11.8. The monoisotopic (exact) mass is 1410 g/mol. The van der Waals surface area contributed by atoms with Gasteiger partial charge in [0.1, 0.15) is 0 Å². The number of rotatable bonds is 54. The third-order valence-electron chi connectivity index (χ3n) is 19.2. The van der Waals surface area contributed by atoms with E-state index in [0.717, 1.165) is 190 Å². The maximum Gasteiger partial charge on any atom is 2.00 e. The molecule has 0 saturated carbocycles. The molecule has 0 radical (unpaired) electrons. The van der Waals surface area contributed by atoms with Gasteiger partial charge in [0.15, 0.2) is 0 Å². The predicted octanol–water partition coefficient (Wildman–Crippen LogP) is 28.6. The summed E-state index contributed by atoms with van der Waals surface area (Å²) in [7, 11) is 0. The second-order valence-corrected chi connectivity index (χ2v) is 28.3. The van der Waals surface area contributed by atoms with E-state index < -0.39 is 0 Å². The van der Waals surface area contributed by atoms with Gasteiger partial charge in [-0.3, -0.25) is 9.98 Å². The Hall–Kier alpha value is -5.25. The molecule has 0 atom stereocenters. The molecule has 2 aromatic carbocycles. The van der Waals surface area contributed by atoms with Crippen LogP contribution in [0.5, 0.6) is 0 Å². The average molecular weight is 1410 g/mol. The molecule has 101 heavy (non-hydrogen) atoms. The van der Waals surface area contributed by atoms with Gasteiger partial charge in [0.05, 0.1) is 17.1 Å². The molecule has 0 unspecified atom stereocenters. The van der Waals surface area contributed by atoms with E-state index in [-0.39, 0.29) is 16.5 Å². The minimum Gasteiger partial charge on any atom is -0.255 e. The van der Waals surface area contributed by atoms with Crippen LogP contribution < -0.4 is 0 Å². The number of unbranched alkanes of at least 4 members (excludes halogenated alkanes) is 33. The number of hydrogen-bond donors (Lipinski definition) is 0. The summed E-state index contributed by atoms with van der Waals surface area (Å²) in [5, 5.41) is 0. The normalized spacial score (nSPS) is 10.7. The Morgan fingerprint density at radius 2 is 0.455 bits per heavy atom. The van der Waals surface area contributed by atoms with E-state index >= 15 is 0 Å². The topological polar surface area (TPSA) is 24.7 Å². The van der Waals surface area contributed by atoms with Crippen LogP contribution in [0.25, 0.3) is 0 Å². The summed E-state index contributed by atoms with van der Waals surface area (Å²) in [5.74, 6) is 58.4. The van der Waals surface area contributed by atoms with Crippen LogP contribution in [0, 0.1) is 94.7 Å². The summed E-state index contributed by atoms with van der Waals surface area (Å²) in [5.41, 5.74) is 14.5. The molecule has 0 saturated heterocycles. The van der Waals surface area contributed by atoms with Gasteiger partial charge in [0, 0.05) is 109 Å². The fourth-order valence-corrected chi connectivity index (χ4v) is 13.0. The Morgan fingerprint density at radius 1 is 0.238 bits per heavy atom. The molecular weight excluding hydrogens is 1260 g/mol. The van der Waals surface area contributed by atoms with E-state index in [2.05, 4.69) is 175 Å². The van der Waals surface area contributed by atoms with E-state index in [1.54, 1.807) is 0 Å². The number of aliphatic imine (C=N–C) groups is 2. The van der Waals surface area contributed by atoms with Gasteiger partial charge in [-0.1, -0.05) is 223 Å². The summed E-state index contributed by atoms with van der Waals surface area (Å²) < 4.78 is 0. The zero-order valence-electron chi connectivity index (χ0n) is 67.2. The maximum absolute atomic E-state index is 5.97. The van der Waals surface area contributed by atoms with Gasteiger partial charge in [-0.25, -0.2) is 0 Å². The molecule has 2 aromatic rings. The third-order valence-corrected chi connectivity index (χ3v) is 19.2. The van der Waals surface area contributed by atoms with Crippen molar-refractivity contribution >= 4 is 23.3 Å². The molecule has 0 heterocycles. The van der Waals surface area contributed by atoms with Crippen molar-refractivity contribution in [2.45, 2.75) is 441 Å². The molecule has 0 aromatic heterocycles. The van der Waals surface area contributed by atoms with Gasteiger partial charge in [-0.05, 0) is 172 Å². The Kier molecular flexibility index (Phi) is 66.6. The van der Waals surface area contributed by atoms with Crippen molar-refractivity contribution in [3.8, 4) is 94.7 Å². The van der Waals surface area contributed by atoms with Crippen molar-refractivity contribution in [1.82, 2.24) is 0 Å².